The summed E-state index contributed by atoms with van der Waals surface area (Å²) in [4.78, 5) is 11.8. The number of terminal acetylenes is 1. The Balaban J connectivity index is 1.83. The number of hydrogen-bond donors (Lipinski definition) is 2. The average Bonchev–Trinajstić information content (AvgIpc) is 2.49. The molecular formula is C17H16N2O2. The highest BCUT2D eigenvalue weighted by Crippen LogP contribution is 2.19. The number of nitrogens with one attached hydrogen (secondary N) is 1. The summed E-state index contributed by atoms with van der Waals surface area (Å²) in [6.07, 6.45) is 5.54. The van der Waals surface area contributed by atoms with Gasteiger partial charge in [0.2, 0.25) is 5.91 Å². The van der Waals surface area contributed by atoms with Crippen molar-refractivity contribution in [1.29, 1.82) is 0 Å². The number of carbonyl (C=O) groups is 1. The van der Waals surface area contributed by atoms with Gasteiger partial charge in [-0.15, -0.1) is 6.42 Å². The molecule has 0 unspecified atom stereocenters. The van der Waals surface area contributed by atoms with E-state index in [-0.39, 0.29) is 18.9 Å². The summed E-state index contributed by atoms with van der Waals surface area (Å²) >= 11 is 0. The molecule has 0 radical (unpaired) electrons. The van der Waals surface area contributed by atoms with Gasteiger partial charge in [0.15, 0.2) is 0 Å². The monoisotopic (exact) mass is 280 g/mol. The molecule has 106 valence electrons. The Hall–Kier alpha value is -2.93. The Morgan fingerprint density at radius 2 is 2.05 bits per heavy atom. The van der Waals surface area contributed by atoms with Crippen molar-refractivity contribution in [3.63, 3.8) is 0 Å². The van der Waals surface area contributed by atoms with E-state index in [4.69, 9.17) is 16.9 Å². The van der Waals surface area contributed by atoms with Gasteiger partial charge in [-0.3, -0.25) is 4.79 Å². The quantitative estimate of drug-likeness (QED) is 0.653. The summed E-state index contributed by atoms with van der Waals surface area (Å²) in [6, 6.07) is 14.3. The van der Waals surface area contributed by atoms with Crippen molar-refractivity contribution in [2.45, 2.75) is 6.42 Å². The topological polar surface area (TPSA) is 64.3 Å². The fraction of sp³-hybridized carbons (Fsp3) is 0.118. The molecule has 3 N–H and O–H groups in total. The summed E-state index contributed by atoms with van der Waals surface area (Å²) < 4.78 is 5.47. The lowest BCUT2D eigenvalue weighted by Gasteiger charge is -2.09. The highest BCUT2D eigenvalue weighted by atomic mass is 16.5. The zero-order valence-corrected chi connectivity index (χ0v) is 11.5. The molecule has 0 aromatic heterocycles. The summed E-state index contributed by atoms with van der Waals surface area (Å²) in [5, 5.41) is 2.77. The number of ether oxygens (including phenoxy) is 1. The van der Waals surface area contributed by atoms with Crippen molar-refractivity contribution in [3.8, 4) is 18.1 Å². The molecule has 0 saturated carbocycles. The Morgan fingerprint density at radius 3 is 2.81 bits per heavy atom. The standard InChI is InChI=1S/C17H16N2O2/c1-2-13-6-5-7-14(12-13)19-17(20)10-11-21-16-9-4-3-8-15(16)18/h1,3-9,12H,10-11,18H2,(H,19,20). The van der Waals surface area contributed by atoms with Gasteiger partial charge in [0.25, 0.3) is 0 Å². The van der Waals surface area contributed by atoms with Gasteiger partial charge in [0.05, 0.1) is 18.7 Å². The SMILES string of the molecule is C#Cc1cccc(NC(=O)CCOc2ccccc2N)c1. The summed E-state index contributed by atoms with van der Waals surface area (Å²) in [5.41, 5.74) is 7.70. The van der Waals surface area contributed by atoms with Crippen LogP contribution in [-0.4, -0.2) is 12.5 Å². The molecule has 4 heteroatoms. The molecule has 0 aliphatic rings. The van der Waals surface area contributed by atoms with Crippen LogP contribution in [0.4, 0.5) is 11.4 Å². The molecule has 0 aliphatic heterocycles. The molecule has 0 atom stereocenters. The Kier molecular flexibility index (Phi) is 4.84. The summed E-state index contributed by atoms with van der Waals surface area (Å²) in [6.45, 7) is 0.259. The van der Waals surface area contributed by atoms with Crippen LogP contribution in [0, 0.1) is 12.3 Å². The van der Waals surface area contributed by atoms with Crippen LogP contribution in [0.15, 0.2) is 48.5 Å². The smallest absolute Gasteiger partial charge is 0.227 e. The van der Waals surface area contributed by atoms with E-state index in [2.05, 4.69) is 11.2 Å². The number of para-hydroxylation sites is 2. The number of nitrogen functional groups attached to an aromatic ring is 1. The molecule has 0 bridgehead atoms. The number of anilines is 2. The van der Waals surface area contributed by atoms with Crippen LogP contribution in [0.1, 0.15) is 12.0 Å². The van der Waals surface area contributed by atoms with Crippen LogP contribution < -0.4 is 15.8 Å². The number of rotatable bonds is 5. The van der Waals surface area contributed by atoms with E-state index >= 15 is 0 Å². The van der Waals surface area contributed by atoms with Gasteiger partial charge in [-0.1, -0.05) is 24.1 Å². The van der Waals surface area contributed by atoms with Crippen LogP contribution >= 0.6 is 0 Å². The zero-order valence-electron chi connectivity index (χ0n) is 11.5. The lowest BCUT2D eigenvalue weighted by Crippen LogP contribution is -2.15. The van der Waals surface area contributed by atoms with Crippen LogP contribution in [0.5, 0.6) is 5.75 Å². The summed E-state index contributed by atoms with van der Waals surface area (Å²) in [7, 11) is 0. The number of carbonyl (C=O) groups excluding carboxylic acids is 1. The maximum absolute atomic E-state index is 11.8. The Morgan fingerprint density at radius 1 is 1.24 bits per heavy atom. The highest BCUT2D eigenvalue weighted by molar-refractivity contribution is 5.90. The maximum Gasteiger partial charge on any atom is 0.227 e. The predicted octanol–water partition coefficient (Wildman–Crippen LogP) is 2.66. The van der Waals surface area contributed by atoms with E-state index in [1.807, 2.05) is 12.1 Å². The molecule has 0 saturated heterocycles. The van der Waals surface area contributed by atoms with Gasteiger partial charge in [0.1, 0.15) is 5.75 Å². The summed E-state index contributed by atoms with van der Waals surface area (Å²) in [5.74, 6) is 2.96. The average molecular weight is 280 g/mol. The second kappa shape index (κ2) is 7.01. The zero-order chi connectivity index (χ0) is 15.1. The number of benzene rings is 2. The molecule has 0 heterocycles. The van der Waals surface area contributed by atoms with Gasteiger partial charge >= 0.3 is 0 Å². The Labute approximate surface area is 123 Å². The second-order valence-corrected chi connectivity index (χ2v) is 4.41. The minimum absolute atomic E-state index is 0.140. The van der Waals surface area contributed by atoms with E-state index in [9.17, 15) is 4.79 Å². The fourth-order valence-corrected chi connectivity index (χ4v) is 1.78. The minimum Gasteiger partial charge on any atom is -0.491 e. The fourth-order valence-electron chi connectivity index (χ4n) is 1.78. The minimum atomic E-state index is -0.140. The lowest BCUT2D eigenvalue weighted by atomic mass is 10.2. The van der Waals surface area contributed by atoms with E-state index in [1.54, 1.807) is 36.4 Å². The van der Waals surface area contributed by atoms with E-state index in [1.165, 1.54) is 0 Å². The Bertz CT molecular complexity index is 674. The van der Waals surface area contributed by atoms with Crippen LogP contribution in [0.3, 0.4) is 0 Å². The van der Waals surface area contributed by atoms with Crippen molar-refractivity contribution in [2.75, 3.05) is 17.7 Å². The molecule has 2 aromatic rings. The molecule has 1 amide bonds. The molecule has 21 heavy (non-hydrogen) atoms. The molecule has 0 aliphatic carbocycles. The molecular weight excluding hydrogens is 264 g/mol. The molecule has 2 rings (SSSR count). The van der Waals surface area contributed by atoms with Gasteiger partial charge in [0, 0.05) is 11.3 Å². The first-order valence-electron chi connectivity index (χ1n) is 6.53. The molecule has 0 fully saturated rings. The molecule has 2 aromatic carbocycles. The third kappa shape index (κ3) is 4.29. The van der Waals surface area contributed by atoms with Crippen LogP contribution in [0.25, 0.3) is 0 Å². The van der Waals surface area contributed by atoms with E-state index in [0.717, 1.165) is 5.56 Å². The number of amides is 1. The largest absolute Gasteiger partial charge is 0.491 e. The highest BCUT2D eigenvalue weighted by Gasteiger charge is 2.04. The van der Waals surface area contributed by atoms with Gasteiger partial charge < -0.3 is 15.8 Å². The predicted molar refractivity (Wildman–Crippen MR) is 84.0 cm³/mol. The molecule has 4 nitrogen and oxygen atoms in total. The first-order valence-corrected chi connectivity index (χ1v) is 6.53. The van der Waals surface area contributed by atoms with E-state index < -0.39 is 0 Å². The third-order valence-corrected chi connectivity index (χ3v) is 2.82. The maximum atomic E-state index is 11.8. The number of nitrogens with two attached hydrogens (primary N) is 1. The van der Waals surface area contributed by atoms with E-state index in [0.29, 0.717) is 17.1 Å². The van der Waals surface area contributed by atoms with Crippen molar-refractivity contribution in [2.24, 2.45) is 0 Å². The first-order chi connectivity index (χ1) is 10.2. The van der Waals surface area contributed by atoms with Crippen molar-refractivity contribution >= 4 is 17.3 Å². The van der Waals surface area contributed by atoms with Crippen molar-refractivity contribution in [1.82, 2.24) is 0 Å². The lowest BCUT2D eigenvalue weighted by molar-refractivity contribution is -0.116. The van der Waals surface area contributed by atoms with Gasteiger partial charge in [-0.2, -0.15) is 0 Å². The third-order valence-electron chi connectivity index (χ3n) is 2.82. The normalized spacial score (nSPS) is 9.67. The van der Waals surface area contributed by atoms with Crippen molar-refractivity contribution < 1.29 is 9.53 Å². The van der Waals surface area contributed by atoms with Crippen molar-refractivity contribution in [3.05, 3.63) is 54.1 Å². The van der Waals surface area contributed by atoms with Crippen LogP contribution in [0.2, 0.25) is 0 Å². The second-order valence-electron chi connectivity index (χ2n) is 4.41. The van der Waals surface area contributed by atoms with Gasteiger partial charge in [-0.25, -0.2) is 0 Å². The molecule has 0 spiro atoms. The first kappa shape index (κ1) is 14.5. The van der Waals surface area contributed by atoms with Gasteiger partial charge in [-0.05, 0) is 30.3 Å². The van der Waals surface area contributed by atoms with Crippen LogP contribution in [-0.2, 0) is 4.79 Å². The number of hydrogen-bond acceptors (Lipinski definition) is 3.